The fraction of sp³-hybridized carbons (Fsp3) is 0.481. The van der Waals surface area contributed by atoms with Crippen LogP contribution in [-0.4, -0.2) is 57.1 Å². The number of ether oxygens (including phenoxy) is 1. The molecule has 0 aliphatic heterocycles. The van der Waals surface area contributed by atoms with Crippen LogP contribution in [0.15, 0.2) is 42.5 Å². The molecule has 196 valence electrons. The van der Waals surface area contributed by atoms with Gasteiger partial charge in [-0.3, -0.25) is 13.9 Å². The van der Waals surface area contributed by atoms with E-state index in [1.807, 2.05) is 38.1 Å². The first-order chi connectivity index (χ1) is 17.0. The fourth-order valence-corrected chi connectivity index (χ4v) is 5.38. The molecule has 1 aliphatic carbocycles. The molecule has 0 saturated heterocycles. The van der Waals surface area contributed by atoms with E-state index in [2.05, 4.69) is 5.32 Å². The summed E-state index contributed by atoms with van der Waals surface area (Å²) in [6, 6.07) is 12.1. The van der Waals surface area contributed by atoms with E-state index >= 15 is 0 Å². The smallest absolute Gasteiger partial charge is 0.244 e. The van der Waals surface area contributed by atoms with Gasteiger partial charge in [-0.05, 0) is 68.5 Å². The van der Waals surface area contributed by atoms with Crippen LogP contribution in [0.25, 0.3) is 0 Å². The van der Waals surface area contributed by atoms with E-state index in [1.54, 1.807) is 32.2 Å². The van der Waals surface area contributed by atoms with Crippen molar-refractivity contribution in [1.82, 2.24) is 10.2 Å². The van der Waals surface area contributed by atoms with Gasteiger partial charge in [-0.1, -0.05) is 37.1 Å². The molecule has 0 heterocycles. The van der Waals surface area contributed by atoms with E-state index in [0.29, 0.717) is 11.4 Å². The largest absolute Gasteiger partial charge is 0.497 e. The zero-order valence-electron chi connectivity index (χ0n) is 21.8. The summed E-state index contributed by atoms with van der Waals surface area (Å²) in [5.74, 6) is -0.00514. The van der Waals surface area contributed by atoms with Gasteiger partial charge in [0.05, 0.1) is 19.1 Å². The molecular formula is C27H37N3O5S. The van der Waals surface area contributed by atoms with Gasteiger partial charge in [-0.15, -0.1) is 0 Å². The highest BCUT2D eigenvalue weighted by Gasteiger charge is 2.31. The zero-order valence-corrected chi connectivity index (χ0v) is 22.6. The Bertz CT molecular complexity index is 1170. The van der Waals surface area contributed by atoms with Gasteiger partial charge in [-0.2, -0.15) is 0 Å². The normalized spacial score (nSPS) is 14.8. The molecule has 1 N–H and O–H groups in total. The van der Waals surface area contributed by atoms with Crippen molar-refractivity contribution in [3.63, 3.8) is 0 Å². The number of rotatable bonds is 10. The van der Waals surface area contributed by atoms with Gasteiger partial charge in [0.15, 0.2) is 0 Å². The number of anilines is 1. The average molecular weight is 516 g/mol. The molecule has 0 spiro atoms. The Morgan fingerprint density at radius 2 is 1.72 bits per heavy atom. The predicted molar refractivity (Wildman–Crippen MR) is 142 cm³/mol. The summed E-state index contributed by atoms with van der Waals surface area (Å²) >= 11 is 0. The number of methoxy groups -OCH3 is 1. The molecule has 36 heavy (non-hydrogen) atoms. The van der Waals surface area contributed by atoms with Gasteiger partial charge >= 0.3 is 0 Å². The highest BCUT2D eigenvalue weighted by Crippen LogP contribution is 2.25. The highest BCUT2D eigenvalue weighted by atomic mass is 32.2. The zero-order chi connectivity index (χ0) is 26.5. The number of amides is 2. The number of sulfonamides is 1. The molecule has 1 fully saturated rings. The van der Waals surface area contributed by atoms with Crippen molar-refractivity contribution in [1.29, 1.82) is 0 Å². The fourth-order valence-electron chi connectivity index (χ4n) is 4.49. The summed E-state index contributed by atoms with van der Waals surface area (Å²) in [5, 5.41) is 3.07. The summed E-state index contributed by atoms with van der Waals surface area (Å²) in [6.07, 6.45) is 5.10. The molecule has 1 atom stereocenters. The van der Waals surface area contributed by atoms with Crippen LogP contribution in [0.1, 0.15) is 49.3 Å². The molecule has 1 aliphatic rings. The van der Waals surface area contributed by atoms with E-state index in [-0.39, 0.29) is 18.5 Å². The van der Waals surface area contributed by atoms with Crippen molar-refractivity contribution in [3.05, 3.63) is 59.2 Å². The van der Waals surface area contributed by atoms with Crippen LogP contribution in [0, 0.1) is 13.8 Å². The molecular weight excluding hydrogens is 478 g/mol. The van der Waals surface area contributed by atoms with Crippen molar-refractivity contribution in [3.8, 4) is 5.75 Å². The van der Waals surface area contributed by atoms with Crippen LogP contribution in [0.3, 0.4) is 0 Å². The highest BCUT2D eigenvalue weighted by molar-refractivity contribution is 7.92. The van der Waals surface area contributed by atoms with Gasteiger partial charge in [-0.25, -0.2) is 8.42 Å². The Morgan fingerprint density at radius 3 is 2.31 bits per heavy atom. The predicted octanol–water partition coefficient (Wildman–Crippen LogP) is 3.55. The second-order valence-corrected chi connectivity index (χ2v) is 11.5. The van der Waals surface area contributed by atoms with E-state index in [4.69, 9.17) is 4.74 Å². The molecule has 2 aromatic carbocycles. The average Bonchev–Trinajstić information content (AvgIpc) is 3.34. The van der Waals surface area contributed by atoms with Gasteiger partial charge < -0.3 is 15.0 Å². The number of nitrogens with zero attached hydrogens (tertiary/aromatic N) is 2. The molecule has 2 aromatic rings. The molecule has 0 aromatic heterocycles. The third kappa shape index (κ3) is 7.00. The lowest BCUT2D eigenvalue weighted by atomic mass is 10.1. The van der Waals surface area contributed by atoms with Crippen molar-refractivity contribution >= 4 is 27.5 Å². The lowest BCUT2D eigenvalue weighted by Crippen LogP contribution is -2.52. The van der Waals surface area contributed by atoms with Gasteiger partial charge in [0, 0.05) is 12.6 Å². The maximum absolute atomic E-state index is 13.7. The minimum absolute atomic E-state index is 0.111. The number of carbonyl (C=O) groups is 2. The van der Waals surface area contributed by atoms with E-state index < -0.39 is 28.5 Å². The first-order valence-corrected chi connectivity index (χ1v) is 14.1. The maximum Gasteiger partial charge on any atom is 0.244 e. The Morgan fingerprint density at radius 1 is 1.08 bits per heavy atom. The molecule has 2 amide bonds. The topological polar surface area (TPSA) is 96.0 Å². The summed E-state index contributed by atoms with van der Waals surface area (Å²) in [4.78, 5) is 28.3. The number of aryl methyl sites for hydroxylation is 2. The second-order valence-electron chi connectivity index (χ2n) is 9.60. The summed E-state index contributed by atoms with van der Waals surface area (Å²) in [7, 11) is -2.19. The molecule has 0 unspecified atom stereocenters. The van der Waals surface area contributed by atoms with E-state index in [1.165, 1.54) is 4.90 Å². The lowest BCUT2D eigenvalue weighted by Gasteiger charge is -2.32. The number of carbonyl (C=O) groups excluding carboxylic acids is 2. The van der Waals surface area contributed by atoms with Gasteiger partial charge in [0.2, 0.25) is 21.8 Å². The SMILES string of the molecule is COc1ccc(CN(C(=O)CN(c2cc(C)ccc2C)S(C)(=O)=O)[C@@H](C)C(=O)NC2CCCC2)cc1. The first kappa shape index (κ1) is 27.5. The van der Waals surface area contributed by atoms with Crippen molar-refractivity contribution in [2.24, 2.45) is 0 Å². The van der Waals surface area contributed by atoms with Gasteiger partial charge in [0.25, 0.3) is 0 Å². The third-order valence-electron chi connectivity index (χ3n) is 6.69. The summed E-state index contributed by atoms with van der Waals surface area (Å²) in [6.45, 7) is 5.13. The second kappa shape index (κ2) is 11.8. The van der Waals surface area contributed by atoms with Crippen LogP contribution in [-0.2, 0) is 26.2 Å². The molecule has 0 radical (unpaired) electrons. The minimum atomic E-state index is -3.76. The molecule has 8 nitrogen and oxygen atoms in total. The van der Waals surface area contributed by atoms with Crippen LogP contribution in [0.4, 0.5) is 5.69 Å². The number of benzene rings is 2. The standard InChI is InChI=1S/C27H37N3O5S/c1-19-10-11-20(2)25(16-19)30(36(5,33)34)18-26(31)29(17-22-12-14-24(35-4)15-13-22)21(3)27(32)28-23-8-6-7-9-23/h10-16,21,23H,6-9,17-18H2,1-5H3,(H,28,32)/t21-/m0/s1. The molecule has 9 heteroatoms. The number of hydrogen-bond donors (Lipinski definition) is 1. The molecule has 0 bridgehead atoms. The van der Waals surface area contributed by atoms with E-state index in [0.717, 1.165) is 52.9 Å². The summed E-state index contributed by atoms with van der Waals surface area (Å²) in [5.41, 5.74) is 2.89. The third-order valence-corrected chi connectivity index (χ3v) is 7.82. The molecule has 3 rings (SSSR count). The minimum Gasteiger partial charge on any atom is -0.497 e. The Balaban J connectivity index is 1.90. The number of nitrogens with one attached hydrogen (secondary N) is 1. The Hall–Kier alpha value is -3.07. The Labute approximate surface area is 214 Å². The van der Waals surface area contributed by atoms with Crippen LogP contribution in [0.2, 0.25) is 0 Å². The first-order valence-electron chi connectivity index (χ1n) is 12.3. The van der Waals surface area contributed by atoms with Crippen LogP contribution >= 0.6 is 0 Å². The maximum atomic E-state index is 13.7. The Kier molecular flexibility index (Phi) is 9.00. The monoisotopic (exact) mass is 515 g/mol. The lowest BCUT2D eigenvalue weighted by molar-refractivity contribution is -0.139. The van der Waals surface area contributed by atoms with Crippen LogP contribution < -0.4 is 14.4 Å². The quantitative estimate of drug-likeness (QED) is 0.522. The van der Waals surface area contributed by atoms with E-state index in [9.17, 15) is 18.0 Å². The van der Waals surface area contributed by atoms with Crippen molar-refractivity contribution < 1.29 is 22.7 Å². The van der Waals surface area contributed by atoms with Crippen molar-refractivity contribution in [2.75, 3.05) is 24.2 Å². The summed E-state index contributed by atoms with van der Waals surface area (Å²) < 4.78 is 31.9. The van der Waals surface area contributed by atoms with Crippen molar-refractivity contribution in [2.45, 2.75) is 65.1 Å². The van der Waals surface area contributed by atoms with Gasteiger partial charge in [0.1, 0.15) is 18.3 Å². The van der Waals surface area contributed by atoms with Crippen LogP contribution in [0.5, 0.6) is 5.75 Å². The number of hydrogen-bond acceptors (Lipinski definition) is 5. The molecule has 1 saturated carbocycles.